The topological polar surface area (TPSA) is 45.5 Å². The van der Waals surface area contributed by atoms with Crippen LogP contribution in [0.15, 0.2) is 22.8 Å². The van der Waals surface area contributed by atoms with Gasteiger partial charge in [-0.1, -0.05) is 0 Å². The lowest BCUT2D eigenvalue weighted by molar-refractivity contribution is -0.123. The zero-order chi connectivity index (χ0) is 12.9. The molecule has 1 rings (SSSR count). The van der Waals surface area contributed by atoms with Crippen LogP contribution in [0.1, 0.15) is 12.7 Å². The fraction of sp³-hybridized carbons (Fsp3) is 0.500. The summed E-state index contributed by atoms with van der Waals surface area (Å²) in [7, 11) is 0. The molecular formula is C10H13F3N2O2. The van der Waals surface area contributed by atoms with E-state index in [-0.39, 0.29) is 6.54 Å². The van der Waals surface area contributed by atoms with E-state index < -0.39 is 18.8 Å². The van der Waals surface area contributed by atoms with Crippen molar-refractivity contribution in [1.29, 1.82) is 0 Å². The van der Waals surface area contributed by atoms with Gasteiger partial charge in [0.05, 0.1) is 12.8 Å². The van der Waals surface area contributed by atoms with Crippen LogP contribution in [0.3, 0.4) is 0 Å². The van der Waals surface area contributed by atoms with Gasteiger partial charge in [-0.3, -0.25) is 0 Å². The highest BCUT2D eigenvalue weighted by Gasteiger charge is 2.28. The van der Waals surface area contributed by atoms with Gasteiger partial charge in [0, 0.05) is 6.54 Å². The maximum absolute atomic E-state index is 11.9. The van der Waals surface area contributed by atoms with Gasteiger partial charge in [-0.25, -0.2) is 4.79 Å². The Labute approximate surface area is 96.4 Å². The van der Waals surface area contributed by atoms with E-state index in [0.29, 0.717) is 12.3 Å². The van der Waals surface area contributed by atoms with Gasteiger partial charge in [0.15, 0.2) is 0 Å². The van der Waals surface area contributed by atoms with Crippen molar-refractivity contribution in [2.45, 2.75) is 19.6 Å². The molecule has 0 aliphatic heterocycles. The number of nitrogens with zero attached hydrogens (tertiary/aromatic N) is 1. The molecule has 0 fully saturated rings. The SMILES string of the molecule is CCN(Cc1ccco1)C(=O)NCC(F)(F)F. The van der Waals surface area contributed by atoms with E-state index in [0.717, 1.165) is 0 Å². The second kappa shape index (κ2) is 5.60. The van der Waals surface area contributed by atoms with Crippen LogP contribution in [-0.2, 0) is 6.54 Å². The highest BCUT2D eigenvalue weighted by Crippen LogP contribution is 2.12. The number of halogens is 3. The van der Waals surface area contributed by atoms with Crippen LogP contribution < -0.4 is 5.32 Å². The first-order chi connectivity index (χ1) is 7.92. The second-order valence-corrected chi connectivity index (χ2v) is 3.37. The average Bonchev–Trinajstić information content (AvgIpc) is 2.74. The summed E-state index contributed by atoms with van der Waals surface area (Å²) in [6.45, 7) is 0.786. The van der Waals surface area contributed by atoms with E-state index in [1.807, 2.05) is 0 Å². The van der Waals surface area contributed by atoms with E-state index in [9.17, 15) is 18.0 Å². The third kappa shape index (κ3) is 4.80. The summed E-state index contributed by atoms with van der Waals surface area (Å²) in [6.07, 6.45) is -2.96. The number of hydrogen-bond donors (Lipinski definition) is 1. The van der Waals surface area contributed by atoms with Gasteiger partial charge >= 0.3 is 12.2 Å². The maximum Gasteiger partial charge on any atom is 0.405 e. The van der Waals surface area contributed by atoms with E-state index in [1.165, 1.54) is 11.2 Å². The maximum atomic E-state index is 11.9. The largest absolute Gasteiger partial charge is 0.467 e. The van der Waals surface area contributed by atoms with Crippen molar-refractivity contribution in [2.75, 3.05) is 13.1 Å². The van der Waals surface area contributed by atoms with Crippen molar-refractivity contribution in [2.24, 2.45) is 0 Å². The van der Waals surface area contributed by atoms with Gasteiger partial charge in [-0.2, -0.15) is 13.2 Å². The quantitative estimate of drug-likeness (QED) is 0.891. The molecule has 7 heteroatoms. The molecule has 17 heavy (non-hydrogen) atoms. The van der Waals surface area contributed by atoms with Crippen molar-refractivity contribution in [3.05, 3.63) is 24.2 Å². The number of nitrogens with one attached hydrogen (secondary N) is 1. The standard InChI is InChI=1S/C10H13F3N2O2/c1-2-15(6-8-4-3-5-17-8)9(16)14-7-10(11,12)13/h3-5H,2,6-7H2,1H3,(H,14,16). The van der Waals surface area contributed by atoms with Gasteiger partial charge in [0.1, 0.15) is 12.3 Å². The molecule has 0 saturated heterocycles. The first-order valence-corrected chi connectivity index (χ1v) is 5.04. The van der Waals surface area contributed by atoms with Gasteiger partial charge in [-0.05, 0) is 19.1 Å². The Morgan fingerprint density at radius 2 is 2.24 bits per heavy atom. The number of furan rings is 1. The van der Waals surface area contributed by atoms with Crippen LogP contribution in [0, 0.1) is 0 Å². The van der Waals surface area contributed by atoms with Crippen molar-refractivity contribution in [3.8, 4) is 0 Å². The van der Waals surface area contributed by atoms with E-state index in [2.05, 4.69) is 0 Å². The van der Waals surface area contributed by atoms with Crippen LogP contribution in [-0.4, -0.2) is 30.2 Å². The Morgan fingerprint density at radius 1 is 1.53 bits per heavy atom. The van der Waals surface area contributed by atoms with Crippen molar-refractivity contribution >= 4 is 6.03 Å². The molecule has 0 saturated carbocycles. The van der Waals surface area contributed by atoms with E-state index in [1.54, 1.807) is 24.4 Å². The Morgan fingerprint density at radius 3 is 2.71 bits per heavy atom. The smallest absolute Gasteiger partial charge is 0.405 e. The summed E-state index contributed by atoms with van der Waals surface area (Å²) >= 11 is 0. The molecule has 4 nitrogen and oxygen atoms in total. The summed E-state index contributed by atoms with van der Waals surface area (Å²) in [4.78, 5) is 12.6. The summed E-state index contributed by atoms with van der Waals surface area (Å²) in [5.74, 6) is 0.522. The molecule has 1 heterocycles. The molecule has 1 N–H and O–H groups in total. The van der Waals surface area contributed by atoms with Crippen molar-refractivity contribution in [3.63, 3.8) is 0 Å². The minimum absolute atomic E-state index is 0.146. The molecule has 0 bridgehead atoms. The molecule has 1 aromatic heterocycles. The molecule has 96 valence electrons. The third-order valence-corrected chi connectivity index (χ3v) is 2.04. The number of rotatable bonds is 4. The Hall–Kier alpha value is -1.66. The van der Waals surface area contributed by atoms with Crippen molar-refractivity contribution in [1.82, 2.24) is 10.2 Å². The summed E-state index contributed by atoms with van der Waals surface area (Å²) in [6, 6.07) is 2.54. The highest BCUT2D eigenvalue weighted by molar-refractivity contribution is 5.74. The highest BCUT2D eigenvalue weighted by atomic mass is 19.4. The Kier molecular flexibility index (Phi) is 4.42. The average molecular weight is 250 g/mol. The van der Waals surface area contributed by atoms with Crippen LogP contribution in [0.2, 0.25) is 0 Å². The van der Waals surface area contributed by atoms with Gasteiger partial charge in [-0.15, -0.1) is 0 Å². The summed E-state index contributed by atoms with van der Waals surface area (Å²) < 4.78 is 40.7. The first-order valence-electron chi connectivity index (χ1n) is 5.04. The zero-order valence-electron chi connectivity index (χ0n) is 9.25. The number of urea groups is 1. The number of amides is 2. The van der Waals surface area contributed by atoms with Gasteiger partial charge in [0.25, 0.3) is 0 Å². The summed E-state index contributed by atoms with van der Waals surface area (Å²) in [5, 5.41) is 1.81. The zero-order valence-corrected chi connectivity index (χ0v) is 9.25. The molecule has 0 atom stereocenters. The second-order valence-electron chi connectivity index (χ2n) is 3.37. The lowest BCUT2D eigenvalue weighted by Crippen LogP contribution is -2.43. The first kappa shape index (κ1) is 13.4. The molecule has 2 amide bonds. The Bertz CT molecular complexity index is 349. The fourth-order valence-corrected chi connectivity index (χ4v) is 1.21. The van der Waals surface area contributed by atoms with E-state index >= 15 is 0 Å². The number of alkyl halides is 3. The monoisotopic (exact) mass is 250 g/mol. The fourth-order valence-electron chi connectivity index (χ4n) is 1.21. The van der Waals surface area contributed by atoms with Crippen LogP contribution in [0.4, 0.5) is 18.0 Å². The minimum Gasteiger partial charge on any atom is -0.467 e. The van der Waals surface area contributed by atoms with Gasteiger partial charge < -0.3 is 14.6 Å². The van der Waals surface area contributed by atoms with E-state index in [4.69, 9.17) is 4.42 Å². The van der Waals surface area contributed by atoms with Crippen LogP contribution in [0.25, 0.3) is 0 Å². The molecule has 0 aromatic carbocycles. The van der Waals surface area contributed by atoms with Crippen LogP contribution >= 0.6 is 0 Å². The minimum atomic E-state index is -4.40. The number of carbonyl (C=O) groups is 1. The van der Waals surface area contributed by atoms with Crippen LogP contribution in [0.5, 0.6) is 0 Å². The van der Waals surface area contributed by atoms with Gasteiger partial charge in [0.2, 0.25) is 0 Å². The normalized spacial score (nSPS) is 11.3. The summed E-state index contributed by atoms with van der Waals surface area (Å²) in [5.41, 5.74) is 0. The molecule has 0 spiro atoms. The lowest BCUT2D eigenvalue weighted by atomic mass is 10.4. The Balaban J connectivity index is 2.47. The predicted octanol–water partition coefficient (Wildman–Crippen LogP) is 2.37. The molecule has 0 aliphatic carbocycles. The molecular weight excluding hydrogens is 237 g/mol. The molecule has 0 unspecified atom stereocenters. The predicted molar refractivity (Wildman–Crippen MR) is 54.2 cm³/mol. The molecule has 0 radical (unpaired) electrons. The number of hydrogen-bond acceptors (Lipinski definition) is 2. The molecule has 1 aromatic rings. The molecule has 0 aliphatic rings. The third-order valence-electron chi connectivity index (χ3n) is 2.04. The van der Waals surface area contributed by atoms with Crippen molar-refractivity contribution < 1.29 is 22.4 Å². The number of carbonyl (C=O) groups excluding carboxylic acids is 1. The lowest BCUT2D eigenvalue weighted by Gasteiger charge is -2.20.